The van der Waals surface area contributed by atoms with Crippen molar-refractivity contribution in [3.63, 3.8) is 0 Å². The van der Waals surface area contributed by atoms with Crippen LogP contribution in [0.5, 0.6) is 11.6 Å². The first kappa shape index (κ1) is 21.0. The van der Waals surface area contributed by atoms with Gasteiger partial charge in [-0.15, -0.1) is 0 Å². The molecule has 2 heterocycles. The second-order valence-corrected chi connectivity index (χ2v) is 8.33. The number of rotatable bonds is 6. The smallest absolute Gasteiger partial charge is 0.410 e. The van der Waals surface area contributed by atoms with E-state index < -0.39 is 5.60 Å². The van der Waals surface area contributed by atoms with Crippen LogP contribution in [0.25, 0.3) is 0 Å². The molecule has 1 aliphatic rings. The summed E-state index contributed by atoms with van der Waals surface area (Å²) < 4.78 is 17.4. The number of ether oxygens (including phenoxy) is 3. The van der Waals surface area contributed by atoms with Gasteiger partial charge >= 0.3 is 6.09 Å². The molecule has 1 aliphatic heterocycles. The van der Waals surface area contributed by atoms with Gasteiger partial charge in [-0.25, -0.2) is 9.78 Å². The zero-order valence-electron chi connectivity index (χ0n) is 17.5. The van der Waals surface area contributed by atoms with Gasteiger partial charge in [-0.1, -0.05) is 30.3 Å². The summed E-state index contributed by atoms with van der Waals surface area (Å²) >= 11 is 0. The molecule has 1 aromatic heterocycles. The fraction of sp³-hybridized carbons (Fsp3) is 0.478. The van der Waals surface area contributed by atoms with E-state index >= 15 is 0 Å². The van der Waals surface area contributed by atoms with E-state index in [-0.39, 0.29) is 12.0 Å². The molecule has 156 valence electrons. The molecule has 1 amide bonds. The van der Waals surface area contributed by atoms with Gasteiger partial charge < -0.3 is 19.1 Å². The van der Waals surface area contributed by atoms with Crippen LogP contribution in [0.2, 0.25) is 0 Å². The molecule has 0 saturated carbocycles. The van der Waals surface area contributed by atoms with Crippen molar-refractivity contribution in [2.75, 3.05) is 19.7 Å². The Kier molecular flexibility index (Phi) is 6.96. The molecule has 1 aromatic carbocycles. The molecule has 1 fully saturated rings. The minimum absolute atomic E-state index is 0.249. The van der Waals surface area contributed by atoms with Gasteiger partial charge in [-0.2, -0.15) is 0 Å². The maximum absolute atomic E-state index is 12.3. The van der Waals surface area contributed by atoms with E-state index in [2.05, 4.69) is 4.98 Å². The Morgan fingerprint density at radius 2 is 1.93 bits per heavy atom. The number of amides is 1. The molecule has 0 aliphatic carbocycles. The van der Waals surface area contributed by atoms with Gasteiger partial charge in [0.1, 0.15) is 12.2 Å². The largest absolute Gasteiger partial charge is 0.488 e. The fourth-order valence-electron chi connectivity index (χ4n) is 3.22. The minimum Gasteiger partial charge on any atom is -0.488 e. The van der Waals surface area contributed by atoms with E-state index in [4.69, 9.17) is 14.2 Å². The Bertz CT molecular complexity index is 789. The number of nitrogens with zero attached hydrogens (tertiary/aromatic N) is 2. The molecule has 1 atom stereocenters. The van der Waals surface area contributed by atoms with Crippen molar-refractivity contribution in [1.82, 2.24) is 9.88 Å². The highest BCUT2D eigenvalue weighted by atomic mass is 16.6. The summed E-state index contributed by atoms with van der Waals surface area (Å²) in [6.07, 6.45) is 3.39. The van der Waals surface area contributed by atoms with Gasteiger partial charge in [0.25, 0.3) is 5.88 Å². The third kappa shape index (κ3) is 6.66. The zero-order valence-corrected chi connectivity index (χ0v) is 17.5. The minimum atomic E-state index is -0.485. The lowest BCUT2D eigenvalue weighted by Crippen LogP contribution is -2.44. The molecule has 0 radical (unpaired) electrons. The van der Waals surface area contributed by atoms with Gasteiger partial charge in [0.15, 0.2) is 5.75 Å². The summed E-state index contributed by atoms with van der Waals surface area (Å²) in [5.74, 6) is 1.35. The molecule has 3 rings (SSSR count). The topological polar surface area (TPSA) is 60.9 Å². The average Bonchev–Trinajstić information content (AvgIpc) is 2.71. The van der Waals surface area contributed by atoms with E-state index in [1.54, 1.807) is 11.1 Å². The van der Waals surface area contributed by atoms with Crippen LogP contribution in [-0.2, 0) is 11.3 Å². The highest BCUT2D eigenvalue weighted by Gasteiger charge is 2.28. The monoisotopic (exact) mass is 398 g/mol. The molecule has 2 aromatic rings. The number of hydrogen-bond acceptors (Lipinski definition) is 5. The Morgan fingerprint density at radius 3 is 2.69 bits per heavy atom. The molecule has 0 spiro atoms. The zero-order chi connectivity index (χ0) is 20.7. The first-order chi connectivity index (χ1) is 13.9. The fourth-order valence-corrected chi connectivity index (χ4v) is 3.22. The molecule has 0 bridgehead atoms. The third-order valence-electron chi connectivity index (χ3n) is 4.60. The molecule has 0 unspecified atom stereocenters. The van der Waals surface area contributed by atoms with Crippen molar-refractivity contribution in [1.29, 1.82) is 0 Å². The summed E-state index contributed by atoms with van der Waals surface area (Å²) in [6, 6.07) is 13.7. The molecule has 29 heavy (non-hydrogen) atoms. The lowest BCUT2D eigenvalue weighted by molar-refractivity contribution is 0.0138. The van der Waals surface area contributed by atoms with Crippen LogP contribution in [0.4, 0.5) is 4.79 Å². The summed E-state index contributed by atoms with van der Waals surface area (Å²) in [6.45, 7) is 7.95. The van der Waals surface area contributed by atoms with Crippen molar-refractivity contribution in [2.24, 2.45) is 5.92 Å². The number of pyridine rings is 1. The third-order valence-corrected chi connectivity index (χ3v) is 4.60. The van der Waals surface area contributed by atoms with E-state index in [0.717, 1.165) is 24.9 Å². The number of hydrogen-bond donors (Lipinski definition) is 0. The molecule has 0 N–H and O–H groups in total. The van der Waals surface area contributed by atoms with Crippen molar-refractivity contribution in [3.05, 3.63) is 54.2 Å². The normalized spacial score (nSPS) is 16.9. The van der Waals surface area contributed by atoms with Crippen molar-refractivity contribution in [3.8, 4) is 11.6 Å². The number of piperidine rings is 1. The first-order valence-electron chi connectivity index (χ1n) is 10.1. The summed E-state index contributed by atoms with van der Waals surface area (Å²) in [4.78, 5) is 18.4. The van der Waals surface area contributed by atoms with E-state index in [0.29, 0.717) is 31.4 Å². The van der Waals surface area contributed by atoms with Crippen LogP contribution in [0, 0.1) is 5.92 Å². The maximum atomic E-state index is 12.3. The van der Waals surface area contributed by atoms with Crippen LogP contribution in [0.15, 0.2) is 48.7 Å². The Balaban J connectivity index is 1.53. The van der Waals surface area contributed by atoms with Crippen molar-refractivity contribution < 1.29 is 19.0 Å². The average molecular weight is 399 g/mol. The van der Waals surface area contributed by atoms with Crippen LogP contribution < -0.4 is 9.47 Å². The van der Waals surface area contributed by atoms with E-state index in [1.165, 1.54) is 0 Å². The van der Waals surface area contributed by atoms with E-state index in [1.807, 2.05) is 63.2 Å². The van der Waals surface area contributed by atoms with Crippen LogP contribution >= 0.6 is 0 Å². The van der Waals surface area contributed by atoms with Gasteiger partial charge in [-0.3, -0.25) is 0 Å². The number of aromatic nitrogens is 1. The number of benzene rings is 1. The lowest BCUT2D eigenvalue weighted by Gasteiger charge is -2.34. The Hall–Kier alpha value is -2.76. The Morgan fingerprint density at radius 1 is 1.14 bits per heavy atom. The van der Waals surface area contributed by atoms with Crippen LogP contribution in [-0.4, -0.2) is 41.3 Å². The van der Waals surface area contributed by atoms with Gasteiger partial charge in [0.05, 0.1) is 6.61 Å². The van der Waals surface area contributed by atoms with Crippen LogP contribution in [0.3, 0.4) is 0 Å². The highest BCUT2D eigenvalue weighted by molar-refractivity contribution is 5.68. The SMILES string of the molecule is CC(C)(C)OC(=O)N1CCC[C@H](COc2cccnc2OCc2ccccc2)C1. The summed E-state index contributed by atoms with van der Waals surface area (Å²) in [5, 5.41) is 0. The lowest BCUT2D eigenvalue weighted by atomic mass is 9.99. The van der Waals surface area contributed by atoms with Gasteiger partial charge in [-0.05, 0) is 51.3 Å². The highest BCUT2D eigenvalue weighted by Crippen LogP contribution is 2.27. The Labute approximate surface area is 172 Å². The predicted octanol–water partition coefficient (Wildman–Crippen LogP) is 4.69. The molecule has 1 saturated heterocycles. The maximum Gasteiger partial charge on any atom is 0.410 e. The van der Waals surface area contributed by atoms with Crippen molar-refractivity contribution in [2.45, 2.75) is 45.8 Å². The van der Waals surface area contributed by atoms with Crippen molar-refractivity contribution >= 4 is 6.09 Å². The second-order valence-electron chi connectivity index (χ2n) is 8.33. The molecule has 6 nitrogen and oxygen atoms in total. The van der Waals surface area contributed by atoms with Crippen LogP contribution in [0.1, 0.15) is 39.2 Å². The molecular formula is C23H30N2O4. The van der Waals surface area contributed by atoms with E-state index in [9.17, 15) is 4.79 Å². The predicted molar refractivity (Wildman–Crippen MR) is 111 cm³/mol. The molecular weight excluding hydrogens is 368 g/mol. The summed E-state index contributed by atoms with van der Waals surface area (Å²) in [7, 11) is 0. The number of carbonyl (C=O) groups is 1. The summed E-state index contributed by atoms with van der Waals surface area (Å²) in [5.41, 5.74) is 0.589. The quantitative estimate of drug-likeness (QED) is 0.707. The standard InChI is InChI=1S/C23H30N2O4/c1-23(2,3)29-22(26)25-14-8-11-19(15-25)17-27-20-12-7-13-24-21(20)28-16-18-9-5-4-6-10-18/h4-7,9-10,12-13,19H,8,11,14-17H2,1-3H3/t19-/m0/s1. The van der Waals surface area contributed by atoms with Gasteiger partial charge in [0, 0.05) is 25.2 Å². The number of carbonyl (C=O) groups excluding carboxylic acids is 1. The van der Waals surface area contributed by atoms with Gasteiger partial charge in [0.2, 0.25) is 0 Å². The molecule has 6 heteroatoms. The second kappa shape index (κ2) is 9.63. The first-order valence-corrected chi connectivity index (χ1v) is 10.1. The number of likely N-dealkylation sites (tertiary alicyclic amines) is 1.